The molecular formula is C16H20N2O3S2. The van der Waals surface area contributed by atoms with Crippen LogP contribution in [-0.2, 0) is 11.2 Å². The minimum Gasteiger partial charge on any atom is -0.464 e. The molecule has 1 heterocycles. The molecule has 0 unspecified atom stereocenters. The summed E-state index contributed by atoms with van der Waals surface area (Å²) in [4.78, 5) is 23.4. The lowest BCUT2D eigenvalue weighted by Crippen LogP contribution is -2.39. The molecule has 23 heavy (non-hydrogen) atoms. The Labute approximate surface area is 145 Å². The Morgan fingerprint density at radius 1 is 1.26 bits per heavy atom. The lowest BCUT2D eigenvalue weighted by molar-refractivity contribution is -0.124. The first-order valence-corrected chi connectivity index (χ1v) is 8.58. The van der Waals surface area contributed by atoms with Crippen molar-refractivity contribution in [2.45, 2.75) is 19.4 Å². The minimum absolute atomic E-state index is 0.0792. The van der Waals surface area contributed by atoms with Crippen LogP contribution in [0.1, 0.15) is 12.5 Å². The van der Waals surface area contributed by atoms with Crippen molar-refractivity contribution in [1.29, 1.82) is 0 Å². The summed E-state index contributed by atoms with van der Waals surface area (Å²) in [6.45, 7) is 1.90. The molecule has 2 N–H and O–H groups in total. The Bertz CT molecular complexity index is 710. The van der Waals surface area contributed by atoms with Gasteiger partial charge in [-0.05, 0) is 25.0 Å². The molecule has 0 saturated carbocycles. The minimum atomic E-state index is -1.02. The standard InChI is InChI=1S/C16H20N2O3S2/c1-10(17-15(19)12(8-22)9-23)6-11-7-18(16(20)21)14-5-3-2-4-13(11)14/h2-5,7,10,12,22-23H,6,8-9H2,1H3,(H,17,19)(H,20,21)/t10-/m1/s1. The van der Waals surface area contributed by atoms with Crippen LogP contribution < -0.4 is 5.32 Å². The molecule has 2 aromatic rings. The van der Waals surface area contributed by atoms with E-state index >= 15 is 0 Å². The van der Waals surface area contributed by atoms with Gasteiger partial charge in [0.1, 0.15) is 0 Å². The highest BCUT2D eigenvalue weighted by atomic mass is 32.1. The van der Waals surface area contributed by atoms with Gasteiger partial charge in [-0.1, -0.05) is 18.2 Å². The number of thiol groups is 2. The molecule has 0 aliphatic rings. The number of fused-ring (bicyclic) bond motifs is 1. The number of hydrogen-bond acceptors (Lipinski definition) is 4. The van der Waals surface area contributed by atoms with Crippen LogP contribution in [0.2, 0.25) is 0 Å². The van der Waals surface area contributed by atoms with Gasteiger partial charge in [0.25, 0.3) is 0 Å². The number of hydrogen-bond donors (Lipinski definition) is 4. The van der Waals surface area contributed by atoms with Crippen LogP contribution >= 0.6 is 25.3 Å². The number of amides is 1. The van der Waals surface area contributed by atoms with E-state index in [2.05, 4.69) is 30.6 Å². The normalized spacial score (nSPS) is 12.5. The van der Waals surface area contributed by atoms with Gasteiger partial charge in [0.15, 0.2) is 0 Å². The topological polar surface area (TPSA) is 71.3 Å². The Morgan fingerprint density at radius 2 is 1.91 bits per heavy atom. The van der Waals surface area contributed by atoms with E-state index in [1.165, 1.54) is 4.57 Å². The molecule has 124 valence electrons. The molecule has 0 aliphatic heterocycles. The van der Waals surface area contributed by atoms with Gasteiger partial charge in [0, 0.05) is 29.1 Å². The fourth-order valence-electron chi connectivity index (χ4n) is 2.54. The molecule has 1 atom stereocenters. The van der Waals surface area contributed by atoms with E-state index in [-0.39, 0.29) is 17.9 Å². The van der Waals surface area contributed by atoms with Gasteiger partial charge in [0.05, 0.1) is 11.4 Å². The fraction of sp³-hybridized carbons (Fsp3) is 0.375. The summed E-state index contributed by atoms with van der Waals surface area (Å²) in [7, 11) is 0. The molecule has 0 fully saturated rings. The van der Waals surface area contributed by atoms with Crippen LogP contribution in [0.15, 0.2) is 30.5 Å². The van der Waals surface area contributed by atoms with E-state index in [4.69, 9.17) is 0 Å². The van der Waals surface area contributed by atoms with Crippen LogP contribution in [0.3, 0.4) is 0 Å². The summed E-state index contributed by atoms with van der Waals surface area (Å²) in [6, 6.07) is 7.23. The van der Waals surface area contributed by atoms with Gasteiger partial charge in [-0.15, -0.1) is 0 Å². The zero-order valence-electron chi connectivity index (χ0n) is 12.8. The third kappa shape index (κ3) is 4.03. The maximum Gasteiger partial charge on any atom is 0.416 e. The van der Waals surface area contributed by atoms with E-state index in [0.717, 1.165) is 10.9 Å². The maximum absolute atomic E-state index is 12.1. The molecule has 1 amide bonds. The highest BCUT2D eigenvalue weighted by molar-refractivity contribution is 7.81. The molecule has 0 spiro atoms. The summed E-state index contributed by atoms with van der Waals surface area (Å²) in [5.74, 6) is 0.578. The number of carboxylic acid groups (broad SMARTS) is 1. The second kappa shape index (κ2) is 7.79. The van der Waals surface area contributed by atoms with Crippen molar-refractivity contribution < 1.29 is 14.7 Å². The van der Waals surface area contributed by atoms with Crippen molar-refractivity contribution >= 4 is 48.2 Å². The lowest BCUT2D eigenvalue weighted by Gasteiger charge is -2.17. The lowest BCUT2D eigenvalue weighted by atomic mass is 10.1. The number of nitrogens with zero attached hydrogens (tertiary/aromatic N) is 1. The summed E-state index contributed by atoms with van der Waals surface area (Å²) < 4.78 is 1.21. The average Bonchev–Trinajstić information content (AvgIpc) is 2.87. The monoisotopic (exact) mass is 352 g/mol. The van der Waals surface area contributed by atoms with E-state index in [1.54, 1.807) is 18.3 Å². The molecule has 2 rings (SSSR count). The Balaban J connectivity index is 2.18. The summed E-state index contributed by atoms with van der Waals surface area (Å²) in [5.41, 5.74) is 1.54. The second-order valence-corrected chi connectivity index (χ2v) is 6.23. The Kier molecular flexibility index (Phi) is 6.01. The van der Waals surface area contributed by atoms with Gasteiger partial charge >= 0.3 is 6.09 Å². The van der Waals surface area contributed by atoms with Crippen LogP contribution in [-0.4, -0.2) is 39.2 Å². The van der Waals surface area contributed by atoms with Gasteiger partial charge in [-0.3, -0.25) is 9.36 Å². The van der Waals surface area contributed by atoms with Crippen molar-refractivity contribution in [3.63, 3.8) is 0 Å². The highest BCUT2D eigenvalue weighted by Gasteiger charge is 2.19. The number of nitrogens with one attached hydrogen (secondary N) is 1. The van der Waals surface area contributed by atoms with E-state index in [1.807, 2.05) is 19.1 Å². The molecule has 1 aromatic heterocycles. The number of rotatable bonds is 6. The summed E-state index contributed by atoms with van der Waals surface area (Å²) >= 11 is 8.30. The van der Waals surface area contributed by atoms with E-state index in [0.29, 0.717) is 23.4 Å². The predicted molar refractivity (Wildman–Crippen MR) is 97.9 cm³/mol. The third-order valence-electron chi connectivity index (χ3n) is 3.73. The van der Waals surface area contributed by atoms with Crippen LogP contribution in [0, 0.1) is 5.92 Å². The largest absolute Gasteiger partial charge is 0.464 e. The molecule has 0 aliphatic carbocycles. The zero-order chi connectivity index (χ0) is 17.0. The maximum atomic E-state index is 12.1. The molecule has 0 bridgehead atoms. The Hall–Kier alpha value is -1.60. The Morgan fingerprint density at radius 3 is 2.52 bits per heavy atom. The predicted octanol–water partition coefficient (Wildman–Crippen LogP) is 2.69. The molecular weight excluding hydrogens is 332 g/mol. The smallest absolute Gasteiger partial charge is 0.416 e. The number of carbonyl (C=O) groups is 2. The summed E-state index contributed by atoms with van der Waals surface area (Å²) in [5, 5.41) is 13.1. The van der Waals surface area contributed by atoms with E-state index < -0.39 is 6.09 Å². The number of para-hydroxylation sites is 1. The quantitative estimate of drug-likeness (QED) is 0.604. The molecule has 5 nitrogen and oxygen atoms in total. The molecule has 0 saturated heterocycles. The van der Waals surface area contributed by atoms with Crippen LogP contribution in [0.5, 0.6) is 0 Å². The van der Waals surface area contributed by atoms with Crippen molar-refractivity contribution in [2.24, 2.45) is 5.92 Å². The first kappa shape index (κ1) is 17.7. The van der Waals surface area contributed by atoms with E-state index in [9.17, 15) is 14.7 Å². The van der Waals surface area contributed by atoms with Crippen LogP contribution in [0.4, 0.5) is 4.79 Å². The first-order valence-electron chi connectivity index (χ1n) is 7.32. The fourth-order valence-corrected chi connectivity index (χ4v) is 3.33. The van der Waals surface area contributed by atoms with Crippen molar-refractivity contribution in [3.05, 3.63) is 36.0 Å². The molecule has 0 radical (unpaired) electrons. The number of benzene rings is 1. The van der Waals surface area contributed by atoms with Gasteiger partial charge in [-0.2, -0.15) is 25.3 Å². The highest BCUT2D eigenvalue weighted by Crippen LogP contribution is 2.22. The average molecular weight is 352 g/mol. The molecule has 1 aromatic carbocycles. The first-order chi connectivity index (χ1) is 11.0. The van der Waals surface area contributed by atoms with Gasteiger partial charge in [-0.25, -0.2) is 4.79 Å². The number of carbonyl (C=O) groups excluding carboxylic acids is 1. The summed E-state index contributed by atoms with van der Waals surface area (Å²) in [6.07, 6.45) is 1.15. The SMILES string of the molecule is C[C@H](Cc1cn(C(=O)O)c2ccccc12)NC(=O)C(CS)CS. The van der Waals surface area contributed by atoms with Gasteiger partial charge < -0.3 is 10.4 Å². The second-order valence-electron chi connectivity index (χ2n) is 5.50. The van der Waals surface area contributed by atoms with Crippen molar-refractivity contribution in [3.8, 4) is 0 Å². The van der Waals surface area contributed by atoms with Gasteiger partial charge in [0.2, 0.25) is 5.91 Å². The van der Waals surface area contributed by atoms with Crippen LogP contribution in [0.25, 0.3) is 10.9 Å². The number of aromatic nitrogens is 1. The van der Waals surface area contributed by atoms with Crippen molar-refractivity contribution in [1.82, 2.24) is 9.88 Å². The zero-order valence-corrected chi connectivity index (χ0v) is 14.6. The third-order valence-corrected chi connectivity index (χ3v) is 4.61. The van der Waals surface area contributed by atoms with Crippen molar-refractivity contribution in [2.75, 3.05) is 11.5 Å². The molecule has 7 heteroatoms.